The summed E-state index contributed by atoms with van der Waals surface area (Å²) in [5.41, 5.74) is 6.63. The Kier molecular flexibility index (Phi) is 6.59. The molecule has 0 aliphatic rings. The Morgan fingerprint density at radius 1 is 1.16 bits per heavy atom. The predicted octanol–water partition coefficient (Wildman–Crippen LogP) is 3.68. The zero-order valence-corrected chi connectivity index (χ0v) is 15.5. The van der Waals surface area contributed by atoms with Crippen LogP contribution in [0.15, 0.2) is 30.3 Å². The van der Waals surface area contributed by atoms with E-state index >= 15 is 0 Å². The summed E-state index contributed by atoms with van der Waals surface area (Å²) < 4.78 is 5.77. The summed E-state index contributed by atoms with van der Waals surface area (Å²) in [4.78, 5) is 11.2. The van der Waals surface area contributed by atoms with E-state index in [4.69, 9.17) is 4.74 Å². The molecule has 2 aromatic carbocycles. The van der Waals surface area contributed by atoms with Gasteiger partial charge in [-0.2, -0.15) is 0 Å². The van der Waals surface area contributed by atoms with E-state index in [0.717, 1.165) is 33.6 Å². The fourth-order valence-electron chi connectivity index (χ4n) is 3.04. The molecule has 134 valence electrons. The minimum Gasteiger partial charge on any atom is -0.492 e. The first-order chi connectivity index (χ1) is 12.0. The average molecular weight is 341 g/mol. The summed E-state index contributed by atoms with van der Waals surface area (Å²) >= 11 is 0. The Labute approximate surface area is 149 Å². The lowest BCUT2D eigenvalue weighted by atomic mass is 9.90. The Hall–Kier alpha value is -2.33. The largest absolute Gasteiger partial charge is 0.492 e. The number of rotatable bonds is 7. The van der Waals surface area contributed by atoms with Crippen molar-refractivity contribution in [3.63, 3.8) is 0 Å². The number of carbonyl (C=O) groups excluding carboxylic acids is 1. The highest BCUT2D eigenvalue weighted by Crippen LogP contribution is 2.34. The minimum absolute atomic E-state index is 0.0329. The fraction of sp³-hybridized carbons (Fsp3) is 0.381. The molecule has 2 aromatic rings. The monoisotopic (exact) mass is 341 g/mol. The number of nitrogens with one attached hydrogen (secondary N) is 1. The number of aryl methyl sites for hydroxylation is 2. The molecule has 0 atom stereocenters. The van der Waals surface area contributed by atoms with Crippen molar-refractivity contribution in [2.24, 2.45) is 0 Å². The Balaban J connectivity index is 2.19. The SMILES string of the molecule is CCC(=O)NCCOc1cc(C)c(-c2cccc(CO)c2C)c(C)c1. The van der Waals surface area contributed by atoms with Gasteiger partial charge in [0.15, 0.2) is 0 Å². The highest BCUT2D eigenvalue weighted by molar-refractivity contribution is 5.76. The Bertz CT molecular complexity index is 730. The number of ether oxygens (including phenoxy) is 1. The molecule has 0 heterocycles. The van der Waals surface area contributed by atoms with Gasteiger partial charge in [-0.15, -0.1) is 0 Å². The molecule has 1 amide bonds. The second-order valence-electron chi connectivity index (χ2n) is 6.23. The van der Waals surface area contributed by atoms with E-state index in [2.05, 4.69) is 25.2 Å². The number of amides is 1. The molecule has 0 aromatic heterocycles. The number of aliphatic hydroxyl groups is 1. The van der Waals surface area contributed by atoms with Crippen LogP contribution in [-0.4, -0.2) is 24.2 Å². The zero-order chi connectivity index (χ0) is 18.4. The third-order valence-corrected chi connectivity index (χ3v) is 4.41. The number of benzene rings is 2. The molecule has 4 heteroatoms. The molecule has 0 saturated carbocycles. The molecule has 2 N–H and O–H groups in total. The summed E-state index contributed by atoms with van der Waals surface area (Å²) in [7, 11) is 0. The lowest BCUT2D eigenvalue weighted by Crippen LogP contribution is -2.27. The van der Waals surface area contributed by atoms with Gasteiger partial charge >= 0.3 is 0 Å². The van der Waals surface area contributed by atoms with Gasteiger partial charge in [0.25, 0.3) is 0 Å². The number of carbonyl (C=O) groups is 1. The van der Waals surface area contributed by atoms with E-state index in [-0.39, 0.29) is 12.5 Å². The van der Waals surface area contributed by atoms with Crippen molar-refractivity contribution in [2.45, 2.75) is 40.7 Å². The van der Waals surface area contributed by atoms with E-state index in [9.17, 15) is 9.90 Å². The lowest BCUT2D eigenvalue weighted by Gasteiger charge is -2.17. The minimum atomic E-state index is 0.0329. The van der Waals surface area contributed by atoms with Crippen LogP contribution in [-0.2, 0) is 11.4 Å². The number of hydrogen-bond donors (Lipinski definition) is 2. The van der Waals surface area contributed by atoms with Crippen molar-refractivity contribution in [3.8, 4) is 16.9 Å². The summed E-state index contributed by atoms with van der Waals surface area (Å²) in [6.07, 6.45) is 0.485. The first kappa shape index (κ1) is 19.0. The molecule has 0 unspecified atom stereocenters. The molecule has 25 heavy (non-hydrogen) atoms. The van der Waals surface area contributed by atoms with Crippen LogP contribution in [0.25, 0.3) is 11.1 Å². The second kappa shape index (κ2) is 8.67. The molecular weight excluding hydrogens is 314 g/mol. The van der Waals surface area contributed by atoms with E-state index in [1.807, 2.05) is 38.1 Å². The van der Waals surface area contributed by atoms with Gasteiger partial charge in [-0.25, -0.2) is 0 Å². The van der Waals surface area contributed by atoms with Crippen LogP contribution in [0.5, 0.6) is 5.75 Å². The van der Waals surface area contributed by atoms with E-state index in [0.29, 0.717) is 19.6 Å². The normalized spacial score (nSPS) is 10.6. The second-order valence-corrected chi connectivity index (χ2v) is 6.23. The smallest absolute Gasteiger partial charge is 0.219 e. The average Bonchev–Trinajstić information content (AvgIpc) is 2.59. The lowest BCUT2D eigenvalue weighted by molar-refractivity contribution is -0.120. The predicted molar refractivity (Wildman–Crippen MR) is 101 cm³/mol. The van der Waals surface area contributed by atoms with E-state index in [1.54, 1.807) is 0 Å². The van der Waals surface area contributed by atoms with Crippen molar-refractivity contribution < 1.29 is 14.6 Å². The molecule has 0 spiro atoms. The third-order valence-electron chi connectivity index (χ3n) is 4.41. The first-order valence-corrected chi connectivity index (χ1v) is 8.68. The Morgan fingerprint density at radius 2 is 1.84 bits per heavy atom. The van der Waals surface area contributed by atoms with E-state index in [1.165, 1.54) is 5.56 Å². The molecule has 0 bridgehead atoms. The highest BCUT2D eigenvalue weighted by atomic mass is 16.5. The zero-order valence-electron chi connectivity index (χ0n) is 15.5. The summed E-state index contributed by atoms with van der Waals surface area (Å²) in [5, 5.41) is 12.3. The summed E-state index contributed by atoms with van der Waals surface area (Å²) in [6.45, 7) is 9.00. The van der Waals surface area contributed by atoms with Crippen LogP contribution in [0.2, 0.25) is 0 Å². The molecule has 0 aliphatic heterocycles. The van der Waals surface area contributed by atoms with Gasteiger partial charge in [0.2, 0.25) is 5.91 Å². The van der Waals surface area contributed by atoms with Gasteiger partial charge in [-0.1, -0.05) is 25.1 Å². The third kappa shape index (κ3) is 4.60. The van der Waals surface area contributed by atoms with Crippen LogP contribution < -0.4 is 10.1 Å². The topological polar surface area (TPSA) is 58.6 Å². The fourth-order valence-corrected chi connectivity index (χ4v) is 3.04. The van der Waals surface area contributed by atoms with Crippen molar-refractivity contribution in [1.82, 2.24) is 5.32 Å². The summed E-state index contributed by atoms with van der Waals surface area (Å²) in [6, 6.07) is 10.1. The maximum Gasteiger partial charge on any atom is 0.219 e. The van der Waals surface area contributed by atoms with Crippen LogP contribution in [0.4, 0.5) is 0 Å². The molecule has 0 aliphatic carbocycles. The molecule has 0 fully saturated rings. The van der Waals surface area contributed by atoms with Crippen LogP contribution >= 0.6 is 0 Å². The highest BCUT2D eigenvalue weighted by Gasteiger charge is 2.12. The summed E-state index contributed by atoms with van der Waals surface area (Å²) in [5.74, 6) is 0.839. The van der Waals surface area contributed by atoms with Crippen molar-refractivity contribution in [1.29, 1.82) is 0 Å². The number of hydrogen-bond acceptors (Lipinski definition) is 3. The molecule has 0 radical (unpaired) electrons. The van der Waals surface area contributed by atoms with Crippen LogP contribution in [0.1, 0.15) is 35.6 Å². The maximum atomic E-state index is 11.2. The van der Waals surface area contributed by atoms with Crippen molar-refractivity contribution in [2.75, 3.05) is 13.2 Å². The standard InChI is InChI=1S/C21H27NO3/c1-5-20(24)22-9-10-25-18-11-14(2)21(15(3)12-18)19-8-6-7-17(13-23)16(19)4/h6-8,11-12,23H,5,9-10,13H2,1-4H3,(H,22,24). The van der Waals surface area contributed by atoms with Gasteiger partial charge in [-0.3, -0.25) is 4.79 Å². The molecule has 2 rings (SSSR count). The van der Waals surface area contributed by atoms with Crippen LogP contribution in [0.3, 0.4) is 0 Å². The van der Waals surface area contributed by atoms with Gasteiger partial charge in [-0.05, 0) is 66.3 Å². The van der Waals surface area contributed by atoms with Crippen LogP contribution in [0, 0.1) is 20.8 Å². The Morgan fingerprint density at radius 3 is 2.44 bits per heavy atom. The van der Waals surface area contributed by atoms with Crippen molar-refractivity contribution in [3.05, 3.63) is 52.6 Å². The number of aliphatic hydroxyl groups excluding tert-OH is 1. The van der Waals surface area contributed by atoms with E-state index < -0.39 is 0 Å². The molecular formula is C21H27NO3. The first-order valence-electron chi connectivity index (χ1n) is 8.68. The quantitative estimate of drug-likeness (QED) is 0.755. The van der Waals surface area contributed by atoms with Crippen molar-refractivity contribution >= 4 is 5.91 Å². The van der Waals surface area contributed by atoms with Gasteiger partial charge in [0.05, 0.1) is 13.2 Å². The maximum absolute atomic E-state index is 11.2. The molecule has 0 saturated heterocycles. The van der Waals surface area contributed by atoms with Gasteiger partial charge in [0, 0.05) is 6.42 Å². The molecule has 4 nitrogen and oxygen atoms in total. The van der Waals surface area contributed by atoms with Gasteiger partial charge < -0.3 is 15.2 Å². The van der Waals surface area contributed by atoms with Gasteiger partial charge in [0.1, 0.15) is 12.4 Å².